The first-order valence-corrected chi connectivity index (χ1v) is 7.12. The molecule has 5 nitrogen and oxygen atoms in total. The Labute approximate surface area is 125 Å². The first-order valence-electron chi connectivity index (χ1n) is 7.12. The summed E-state index contributed by atoms with van der Waals surface area (Å²) in [5.74, 6) is 0. The lowest BCUT2D eigenvalue weighted by Crippen LogP contribution is -2.36. The average molecular weight is 287 g/mol. The minimum absolute atomic E-state index is 0.187. The molecule has 5 heteroatoms. The molecule has 0 unspecified atom stereocenters. The van der Waals surface area contributed by atoms with Gasteiger partial charge in [0.05, 0.1) is 11.6 Å². The van der Waals surface area contributed by atoms with Gasteiger partial charge in [-0.05, 0) is 45.4 Å². The highest BCUT2D eigenvalue weighted by Crippen LogP contribution is 2.19. The van der Waals surface area contributed by atoms with Crippen LogP contribution in [0.15, 0.2) is 24.3 Å². The van der Waals surface area contributed by atoms with Gasteiger partial charge in [-0.2, -0.15) is 5.26 Å². The van der Waals surface area contributed by atoms with Gasteiger partial charge in [0.1, 0.15) is 5.60 Å². The SMILES string of the molecule is CC(C)(C)OC(=O)N1CC[C@H](Nc2cccc(C#N)c2)C1. The molecule has 0 spiro atoms. The van der Waals surface area contributed by atoms with E-state index in [1.54, 1.807) is 11.0 Å². The Kier molecular flexibility index (Phi) is 4.37. The molecule has 112 valence electrons. The summed E-state index contributed by atoms with van der Waals surface area (Å²) in [6, 6.07) is 9.67. The van der Waals surface area contributed by atoms with Gasteiger partial charge in [-0.3, -0.25) is 0 Å². The molecule has 0 aliphatic carbocycles. The normalized spacial score (nSPS) is 18.2. The number of amides is 1. The number of ether oxygens (including phenoxy) is 1. The lowest BCUT2D eigenvalue weighted by molar-refractivity contribution is 0.0293. The van der Waals surface area contributed by atoms with Crippen LogP contribution >= 0.6 is 0 Å². The van der Waals surface area contributed by atoms with Crippen LogP contribution in [0.1, 0.15) is 32.8 Å². The summed E-state index contributed by atoms with van der Waals surface area (Å²) in [5.41, 5.74) is 1.07. The van der Waals surface area contributed by atoms with Gasteiger partial charge in [-0.1, -0.05) is 6.07 Å². The summed E-state index contributed by atoms with van der Waals surface area (Å²) >= 11 is 0. The number of hydrogen-bond donors (Lipinski definition) is 1. The number of nitrogens with zero attached hydrogens (tertiary/aromatic N) is 2. The second-order valence-electron chi connectivity index (χ2n) is 6.25. The molecule has 1 atom stereocenters. The summed E-state index contributed by atoms with van der Waals surface area (Å²) in [7, 11) is 0. The number of likely N-dealkylation sites (tertiary alicyclic amines) is 1. The summed E-state index contributed by atoms with van der Waals surface area (Å²) in [4.78, 5) is 13.7. The Morgan fingerprint density at radius 3 is 2.90 bits per heavy atom. The second-order valence-corrected chi connectivity index (χ2v) is 6.25. The Morgan fingerprint density at radius 1 is 1.48 bits per heavy atom. The zero-order chi connectivity index (χ0) is 15.5. The Morgan fingerprint density at radius 2 is 2.24 bits per heavy atom. The molecular weight excluding hydrogens is 266 g/mol. The fourth-order valence-electron chi connectivity index (χ4n) is 2.28. The Hall–Kier alpha value is -2.22. The van der Waals surface area contributed by atoms with Crippen LogP contribution in [0, 0.1) is 11.3 Å². The fourth-order valence-corrected chi connectivity index (χ4v) is 2.28. The highest BCUT2D eigenvalue weighted by molar-refractivity contribution is 5.68. The van der Waals surface area contributed by atoms with E-state index in [0.29, 0.717) is 18.7 Å². The molecule has 1 heterocycles. The van der Waals surface area contributed by atoms with E-state index in [1.165, 1.54) is 0 Å². The highest BCUT2D eigenvalue weighted by Gasteiger charge is 2.29. The molecule has 1 aromatic carbocycles. The molecule has 1 N–H and O–H groups in total. The van der Waals surface area contributed by atoms with Crippen molar-refractivity contribution in [3.63, 3.8) is 0 Å². The van der Waals surface area contributed by atoms with Crippen molar-refractivity contribution in [2.24, 2.45) is 0 Å². The summed E-state index contributed by atoms with van der Waals surface area (Å²) in [5, 5.41) is 12.3. The van der Waals surface area contributed by atoms with Gasteiger partial charge in [0, 0.05) is 24.8 Å². The third kappa shape index (κ3) is 4.38. The Bertz CT molecular complexity index is 557. The minimum Gasteiger partial charge on any atom is -0.444 e. The van der Waals surface area contributed by atoms with Gasteiger partial charge < -0.3 is 15.0 Å². The van der Waals surface area contributed by atoms with Gasteiger partial charge in [0.25, 0.3) is 0 Å². The maximum Gasteiger partial charge on any atom is 0.410 e. The molecule has 1 amide bonds. The quantitative estimate of drug-likeness (QED) is 0.908. The topological polar surface area (TPSA) is 65.4 Å². The Balaban J connectivity index is 1.91. The third-order valence-electron chi connectivity index (χ3n) is 3.20. The highest BCUT2D eigenvalue weighted by atomic mass is 16.6. The largest absolute Gasteiger partial charge is 0.444 e. The van der Waals surface area contributed by atoms with Gasteiger partial charge in [0.2, 0.25) is 0 Å². The van der Waals surface area contributed by atoms with Gasteiger partial charge in [-0.25, -0.2) is 4.79 Å². The van der Waals surface area contributed by atoms with Crippen molar-refractivity contribution in [2.45, 2.75) is 38.8 Å². The van der Waals surface area contributed by atoms with Crippen molar-refractivity contribution in [3.05, 3.63) is 29.8 Å². The van der Waals surface area contributed by atoms with E-state index in [9.17, 15) is 4.79 Å². The number of rotatable bonds is 2. The third-order valence-corrected chi connectivity index (χ3v) is 3.20. The van der Waals surface area contributed by atoms with Crippen molar-refractivity contribution >= 4 is 11.8 Å². The fraction of sp³-hybridized carbons (Fsp3) is 0.500. The van der Waals surface area contributed by atoms with Crippen molar-refractivity contribution in [1.29, 1.82) is 5.26 Å². The van der Waals surface area contributed by atoms with E-state index in [4.69, 9.17) is 10.00 Å². The first kappa shape index (κ1) is 15.2. The molecule has 1 aliphatic heterocycles. The number of benzene rings is 1. The number of anilines is 1. The molecule has 0 saturated carbocycles. The molecule has 0 radical (unpaired) electrons. The molecule has 1 aliphatic rings. The van der Waals surface area contributed by atoms with E-state index in [1.807, 2.05) is 39.0 Å². The molecule has 1 aromatic rings. The number of carbonyl (C=O) groups excluding carboxylic acids is 1. The minimum atomic E-state index is -0.469. The number of nitrogens with one attached hydrogen (secondary N) is 1. The van der Waals surface area contributed by atoms with E-state index < -0.39 is 5.60 Å². The second kappa shape index (κ2) is 6.04. The maximum absolute atomic E-state index is 12.0. The van der Waals surface area contributed by atoms with E-state index in [-0.39, 0.29) is 12.1 Å². The van der Waals surface area contributed by atoms with Crippen LogP contribution in [-0.2, 0) is 4.74 Å². The molecule has 1 saturated heterocycles. The van der Waals surface area contributed by atoms with Gasteiger partial charge in [0.15, 0.2) is 0 Å². The maximum atomic E-state index is 12.0. The van der Waals surface area contributed by atoms with Crippen molar-refractivity contribution in [1.82, 2.24) is 4.90 Å². The number of carbonyl (C=O) groups is 1. The van der Waals surface area contributed by atoms with Crippen molar-refractivity contribution in [2.75, 3.05) is 18.4 Å². The zero-order valence-corrected chi connectivity index (χ0v) is 12.7. The van der Waals surface area contributed by atoms with Crippen LogP contribution in [0.25, 0.3) is 0 Å². The van der Waals surface area contributed by atoms with Crippen LogP contribution in [-0.4, -0.2) is 35.7 Å². The van der Waals surface area contributed by atoms with E-state index in [0.717, 1.165) is 12.1 Å². The molecular formula is C16H21N3O2. The molecule has 2 rings (SSSR count). The molecule has 0 aromatic heterocycles. The number of nitriles is 1. The number of hydrogen-bond acceptors (Lipinski definition) is 4. The summed E-state index contributed by atoms with van der Waals surface area (Å²) in [6.07, 6.45) is 0.605. The molecule has 21 heavy (non-hydrogen) atoms. The molecule has 1 fully saturated rings. The van der Waals surface area contributed by atoms with Crippen LogP contribution in [0.5, 0.6) is 0 Å². The van der Waals surface area contributed by atoms with Gasteiger partial charge >= 0.3 is 6.09 Å². The van der Waals surface area contributed by atoms with E-state index in [2.05, 4.69) is 11.4 Å². The van der Waals surface area contributed by atoms with Crippen LogP contribution < -0.4 is 5.32 Å². The smallest absolute Gasteiger partial charge is 0.410 e. The standard InChI is InChI=1S/C16H21N3O2/c1-16(2,3)21-15(20)19-8-7-14(11-19)18-13-6-4-5-12(9-13)10-17/h4-6,9,14,18H,7-8,11H2,1-3H3/t14-/m0/s1. The van der Waals surface area contributed by atoms with E-state index >= 15 is 0 Å². The first-order chi connectivity index (χ1) is 9.87. The predicted molar refractivity (Wildman–Crippen MR) is 81.0 cm³/mol. The lowest BCUT2D eigenvalue weighted by atomic mass is 10.2. The summed E-state index contributed by atoms with van der Waals surface area (Å²) in [6.45, 7) is 6.90. The predicted octanol–water partition coefficient (Wildman–Crippen LogP) is 2.98. The average Bonchev–Trinajstić information content (AvgIpc) is 2.85. The monoisotopic (exact) mass is 287 g/mol. The summed E-state index contributed by atoms with van der Waals surface area (Å²) < 4.78 is 5.37. The van der Waals surface area contributed by atoms with Gasteiger partial charge in [-0.15, -0.1) is 0 Å². The van der Waals surface area contributed by atoms with Crippen LogP contribution in [0.4, 0.5) is 10.5 Å². The van der Waals surface area contributed by atoms with Crippen LogP contribution in [0.3, 0.4) is 0 Å². The molecule has 0 bridgehead atoms. The van der Waals surface area contributed by atoms with Crippen molar-refractivity contribution < 1.29 is 9.53 Å². The lowest BCUT2D eigenvalue weighted by Gasteiger charge is -2.24. The van der Waals surface area contributed by atoms with Crippen molar-refractivity contribution in [3.8, 4) is 6.07 Å². The zero-order valence-electron chi connectivity index (χ0n) is 12.7. The van der Waals surface area contributed by atoms with Crippen LogP contribution in [0.2, 0.25) is 0 Å².